The van der Waals surface area contributed by atoms with Crippen LogP contribution in [0.3, 0.4) is 0 Å². The Morgan fingerprint density at radius 3 is 2.47 bits per heavy atom. The molecule has 0 radical (unpaired) electrons. The van der Waals surface area contributed by atoms with Crippen LogP contribution in [0.15, 0.2) is 60.9 Å². The second-order valence-corrected chi connectivity index (χ2v) is 9.79. The van der Waals surface area contributed by atoms with Crippen LogP contribution in [0.25, 0.3) is 0 Å². The molecular weight excluding hydrogens is 551 g/mol. The van der Waals surface area contributed by atoms with E-state index in [4.69, 9.17) is 4.74 Å². The van der Waals surface area contributed by atoms with Crippen molar-refractivity contribution in [3.05, 3.63) is 72.3 Å². The first-order chi connectivity index (χ1) is 20.7. The molecule has 0 aliphatic carbocycles. The number of nitrogens with zero attached hydrogens (tertiary/aromatic N) is 5. The highest BCUT2D eigenvalue weighted by atomic mass is 19.1. The van der Waals surface area contributed by atoms with E-state index in [-0.39, 0.29) is 17.6 Å². The van der Waals surface area contributed by atoms with Crippen LogP contribution < -0.4 is 20.7 Å². The van der Waals surface area contributed by atoms with Gasteiger partial charge in [0, 0.05) is 44.4 Å². The number of rotatable bonds is 13. The summed E-state index contributed by atoms with van der Waals surface area (Å²) in [4.78, 5) is 41.3. The lowest BCUT2D eigenvalue weighted by atomic mass is 10.2. The maximum Gasteiger partial charge on any atom is 0.246 e. The first-order valence-corrected chi connectivity index (χ1v) is 13.7. The fourth-order valence-corrected chi connectivity index (χ4v) is 3.55. The van der Waals surface area contributed by atoms with Crippen molar-refractivity contribution in [3.63, 3.8) is 0 Å². The number of methoxy groups -OCH3 is 1. The molecule has 2 aromatic heterocycles. The summed E-state index contributed by atoms with van der Waals surface area (Å²) in [5.41, 5.74) is 1.86. The maximum absolute atomic E-state index is 13.3. The number of carbonyl (C=O) groups excluding carboxylic acids is 2. The van der Waals surface area contributed by atoms with Gasteiger partial charge in [-0.05, 0) is 57.8 Å². The number of aromatic nitrogens is 3. The highest BCUT2D eigenvalue weighted by Gasteiger charge is 2.20. The molecule has 0 unspecified atom stereocenters. The number of unbranched alkanes of at least 4 members (excludes halogenated alkanes) is 1. The number of hydrogen-bond donors (Lipinski definition) is 3. The zero-order valence-corrected chi connectivity index (χ0v) is 25.0. The van der Waals surface area contributed by atoms with Gasteiger partial charge in [-0.25, -0.2) is 14.4 Å². The minimum Gasteiger partial charge on any atom is -0.481 e. The quantitative estimate of drug-likeness (QED) is 0.156. The molecule has 0 spiro atoms. The normalized spacial score (nSPS) is 11.4. The van der Waals surface area contributed by atoms with Crippen molar-refractivity contribution in [2.75, 3.05) is 52.0 Å². The lowest BCUT2D eigenvalue weighted by molar-refractivity contribution is -0.135. The van der Waals surface area contributed by atoms with Crippen LogP contribution >= 0.6 is 0 Å². The van der Waals surface area contributed by atoms with Crippen molar-refractivity contribution in [3.8, 4) is 17.7 Å². The Morgan fingerprint density at radius 2 is 1.79 bits per heavy atom. The average molecular weight is 589 g/mol. The fourth-order valence-electron chi connectivity index (χ4n) is 3.55. The number of carbonyl (C=O) groups is 2. The van der Waals surface area contributed by atoms with Crippen molar-refractivity contribution in [2.45, 2.75) is 25.8 Å². The van der Waals surface area contributed by atoms with Gasteiger partial charge in [-0.1, -0.05) is 17.9 Å². The van der Waals surface area contributed by atoms with Crippen LogP contribution in [-0.2, 0) is 9.59 Å². The fraction of sp³-hybridized carbons (Fsp3) is 0.323. The topological polar surface area (TPSA) is 125 Å². The molecule has 0 saturated heterocycles. The lowest BCUT2D eigenvalue weighted by Crippen LogP contribution is -2.45. The van der Waals surface area contributed by atoms with Gasteiger partial charge in [-0.3, -0.25) is 9.59 Å². The van der Waals surface area contributed by atoms with E-state index in [2.05, 4.69) is 42.7 Å². The molecule has 2 heterocycles. The van der Waals surface area contributed by atoms with Crippen LogP contribution in [0.4, 0.5) is 27.5 Å². The summed E-state index contributed by atoms with van der Waals surface area (Å²) in [6, 6.07) is 8.77. The monoisotopic (exact) mass is 588 g/mol. The van der Waals surface area contributed by atoms with E-state index in [0.717, 1.165) is 0 Å². The number of ether oxygens (including phenoxy) is 1. The van der Waals surface area contributed by atoms with Gasteiger partial charge >= 0.3 is 0 Å². The summed E-state index contributed by atoms with van der Waals surface area (Å²) in [5.74, 6) is 6.61. The maximum atomic E-state index is 13.3. The van der Waals surface area contributed by atoms with Gasteiger partial charge in [0.15, 0.2) is 5.82 Å². The lowest BCUT2D eigenvalue weighted by Gasteiger charge is -2.23. The number of anilines is 4. The molecule has 3 rings (SSSR count). The first kappa shape index (κ1) is 32.5. The summed E-state index contributed by atoms with van der Waals surface area (Å²) < 4.78 is 18.4. The third-order valence-corrected chi connectivity index (χ3v) is 6.14. The summed E-state index contributed by atoms with van der Waals surface area (Å²) in [6.45, 7) is 2.74. The number of hydrogen-bond acceptors (Lipinski definition) is 9. The summed E-state index contributed by atoms with van der Waals surface area (Å²) >= 11 is 0. The Hall–Kier alpha value is -5.02. The van der Waals surface area contributed by atoms with E-state index >= 15 is 0 Å². The summed E-state index contributed by atoms with van der Waals surface area (Å²) in [6.07, 6.45) is 7.56. The largest absolute Gasteiger partial charge is 0.481 e. The number of amides is 2. The van der Waals surface area contributed by atoms with Gasteiger partial charge < -0.3 is 30.5 Å². The second kappa shape index (κ2) is 16.4. The molecule has 0 aliphatic heterocycles. The van der Waals surface area contributed by atoms with Crippen LogP contribution in [0.1, 0.15) is 25.3 Å². The Morgan fingerprint density at radius 1 is 1.05 bits per heavy atom. The van der Waals surface area contributed by atoms with Crippen LogP contribution in [0.2, 0.25) is 0 Å². The zero-order valence-electron chi connectivity index (χ0n) is 25.0. The number of likely N-dealkylation sites (N-methyl/N-ethyl adjacent to an activating group) is 2. The highest BCUT2D eigenvalue weighted by Crippen LogP contribution is 2.22. The van der Waals surface area contributed by atoms with Crippen molar-refractivity contribution >= 4 is 35.0 Å². The van der Waals surface area contributed by atoms with Gasteiger partial charge in [-0.2, -0.15) is 4.98 Å². The molecule has 43 heavy (non-hydrogen) atoms. The minimum atomic E-state index is -0.608. The third kappa shape index (κ3) is 10.7. The van der Waals surface area contributed by atoms with E-state index in [1.165, 1.54) is 23.1 Å². The van der Waals surface area contributed by atoms with Crippen LogP contribution in [0, 0.1) is 17.7 Å². The molecule has 1 aromatic carbocycles. The van der Waals surface area contributed by atoms with Gasteiger partial charge in [0.2, 0.25) is 23.6 Å². The predicted octanol–water partition coefficient (Wildman–Crippen LogP) is 3.72. The van der Waals surface area contributed by atoms with Crippen molar-refractivity contribution < 1.29 is 18.7 Å². The SMILES string of the molecule is COc1ccc(Nc2nc(Nc3ccc(F)cc3)ncc2C#CCCCNC(=O)[C@H](C)N(C)C(=O)/C=C/CN(C)C)cn1. The summed E-state index contributed by atoms with van der Waals surface area (Å²) in [5, 5.41) is 9.12. The zero-order chi connectivity index (χ0) is 31.2. The third-order valence-electron chi connectivity index (χ3n) is 6.14. The average Bonchev–Trinajstić information content (AvgIpc) is 3.00. The van der Waals surface area contributed by atoms with E-state index in [9.17, 15) is 14.0 Å². The van der Waals surface area contributed by atoms with E-state index in [1.807, 2.05) is 19.0 Å². The van der Waals surface area contributed by atoms with Crippen molar-refractivity contribution in [1.82, 2.24) is 30.1 Å². The highest BCUT2D eigenvalue weighted by molar-refractivity contribution is 5.92. The van der Waals surface area contributed by atoms with Crippen LogP contribution in [-0.4, -0.2) is 84.0 Å². The molecule has 2 amide bonds. The second-order valence-electron chi connectivity index (χ2n) is 9.79. The molecule has 0 saturated carbocycles. The number of pyridine rings is 1. The van der Waals surface area contributed by atoms with Gasteiger partial charge in [-0.15, -0.1) is 0 Å². The molecule has 0 fully saturated rings. The molecule has 0 bridgehead atoms. The molecule has 3 aromatic rings. The van der Waals surface area contributed by atoms with Crippen molar-refractivity contribution in [1.29, 1.82) is 0 Å². The molecule has 12 heteroatoms. The van der Waals surface area contributed by atoms with Crippen molar-refractivity contribution in [2.24, 2.45) is 0 Å². The molecule has 0 aliphatic rings. The van der Waals surface area contributed by atoms with Gasteiger partial charge in [0.1, 0.15) is 11.9 Å². The predicted molar refractivity (Wildman–Crippen MR) is 165 cm³/mol. The smallest absolute Gasteiger partial charge is 0.246 e. The Kier molecular flexibility index (Phi) is 12.4. The first-order valence-electron chi connectivity index (χ1n) is 13.7. The van der Waals surface area contributed by atoms with Gasteiger partial charge in [0.05, 0.1) is 30.8 Å². The Balaban J connectivity index is 1.60. The molecule has 3 N–H and O–H groups in total. The summed E-state index contributed by atoms with van der Waals surface area (Å²) in [7, 11) is 6.97. The number of nitrogens with one attached hydrogen (secondary N) is 3. The molecule has 1 atom stereocenters. The van der Waals surface area contributed by atoms with E-state index < -0.39 is 6.04 Å². The Labute approximate surface area is 251 Å². The van der Waals surface area contributed by atoms with E-state index in [1.54, 1.807) is 63.8 Å². The molecule has 226 valence electrons. The number of halogens is 1. The number of benzene rings is 1. The van der Waals surface area contributed by atoms with E-state index in [0.29, 0.717) is 60.5 Å². The van der Waals surface area contributed by atoms with Gasteiger partial charge in [0.25, 0.3) is 0 Å². The Bertz CT molecular complexity index is 1450. The van der Waals surface area contributed by atoms with Crippen LogP contribution in [0.5, 0.6) is 5.88 Å². The minimum absolute atomic E-state index is 0.230. The molecular formula is C31H37FN8O3. The molecule has 11 nitrogen and oxygen atoms in total. The standard InChI is InChI=1S/C31H37FN8O3/c1-22(40(4)28(41)11-9-19-39(2)3)30(42)33-18-8-6-7-10-23-20-35-31(37-25-14-12-24(32)13-15-25)38-29(23)36-26-16-17-27(43-5)34-21-26/h9,11-17,20-22H,6,8,18-19H2,1-5H3,(H,33,42)(H2,35,36,37,38)/b11-9+/t22-/m0/s1.